The standard InChI is InChI=1S/C22H25N7O3/c1-32-18-5-2-4-17(13-18)28-14-16(12-21(28)30)22(31)27-9-3-8-26(10-11-27)20-7-6-19-24-23-15-29(19)25-20/h2,4-7,13,15-16H,3,8-12,14H2,1H3. The SMILES string of the molecule is COc1cccc(N2CC(C(=O)N3CCCN(c4ccc5nncn5n4)CC3)CC2=O)c1. The molecule has 3 aromatic rings. The van der Waals surface area contributed by atoms with Crippen LogP contribution < -0.4 is 14.5 Å². The first-order chi connectivity index (χ1) is 15.6. The fraction of sp³-hybridized carbons (Fsp3) is 0.409. The molecule has 0 radical (unpaired) electrons. The van der Waals surface area contributed by atoms with Crippen molar-refractivity contribution in [2.45, 2.75) is 12.8 Å². The third-order valence-electron chi connectivity index (χ3n) is 6.12. The molecule has 0 aliphatic carbocycles. The van der Waals surface area contributed by atoms with E-state index < -0.39 is 0 Å². The zero-order valence-electron chi connectivity index (χ0n) is 17.9. The van der Waals surface area contributed by atoms with Crippen LogP contribution in [0.2, 0.25) is 0 Å². The number of amides is 2. The lowest BCUT2D eigenvalue weighted by molar-refractivity contribution is -0.135. The molecule has 2 fully saturated rings. The Morgan fingerprint density at radius 1 is 1.12 bits per heavy atom. The first-order valence-corrected chi connectivity index (χ1v) is 10.8. The Balaban J connectivity index is 1.24. The second-order valence-electron chi connectivity index (χ2n) is 8.10. The first kappa shape index (κ1) is 20.2. The van der Waals surface area contributed by atoms with E-state index in [1.165, 1.54) is 0 Å². The van der Waals surface area contributed by atoms with Gasteiger partial charge in [-0.15, -0.1) is 15.3 Å². The molecule has 2 saturated heterocycles. The van der Waals surface area contributed by atoms with Gasteiger partial charge in [-0.2, -0.15) is 4.52 Å². The Hall–Kier alpha value is -3.69. The van der Waals surface area contributed by atoms with Gasteiger partial charge in [0.2, 0.25) is 11.8 Å². The maximum atomic E-state index is 13.2. The molecule has 5 rings (SSSR count). The molecule has 166 valence electrons. The summed E-state index contributed by atoms with van der Waals surface area (Å²) in [7, 11) is 1.60. The molecule has 10 heteroatoms. The van der Waals surface area contributed by atoms with E-state index in [1.807, 2.05) is 41.3 Å². The molecule has 10 nitrogen and oxygen atoms in total. The van der Waals surface area contributed by atoms with E-state index in [0.29, 0.717) is 37.6 Å². The summed E-state index contributed by atoms with van der Waals surface area (Å²) in [6, 6.07) is 11.2. The molecule has 2 aliphatic rings. The van der Waals surface area contributed by atoms with Crippen LogP contribution in [0.15, 0.2) is 42.7 Å². The Bertz CT molecular complexity index is 1150. The van der Waals surface area contributed by atoms with Crippen molar-refractivity contribution < 1.29 is 14.3 Å². The van der Waals surface area contributed by atoms with E-state index in [9.17, 15) is 9.59 Å². The van der Waals surface area contributed by atoms with Crippen LogP contribution >= 0.6 is 0 Å². The highest BCUT2D eigenvalue weighted by Gasteiger charge is 2.37. The van der Waals surface area contributed by atoms with Crippen molar-refractivity contribution in [3.05, 3.63) is 42.7 Å². The van der Waals surface area contributed by atoms with Gasteiger partial charge in [-0.05, 0) is 30.7 Å². The van der Waals surface area contributed by atoms with Gasteiger partial charge in [0.25, 0.3) is 0 Å². The van der Waals surface area contributed by atoms with E-state index in [0.717, 1.165) is 24.5 Å². The number of ether oxygens (including phenoxy) is 1. The van der Waals surface area contributed by atoms with Crippen molar-refractivity contribution in [3.8, 4) is 5.75 Å². The number of methoxy groups -OCH3 is 1. The van der Waals surface area contributed by atoms with Gasteiger partial charge in [-0.3, -0.25) is 9.59 Å². The average Bonchev–Trinajstić information content (AvgIpc) is 3.37. The fourth-order valence-electron chi connectivity index (χ4n) is 4.41. The molecule has 4 heterocycles. The Kier molecular flexibility index (Phi) is 5.34. The fourth-order valence-corrected chi connectivity index (χ4v) is 4.41. The number of nitrogens with zero attached hydrogens (tertiary/aromatic N) is 7. The van der Waals surface area contributed by atoms with Crippen molar-refractivity contribution >= 4 is 29.0 Å². The number of hydrogen-bond acceptors (Lipinski definition) is 7. The minimum atomic E-state index is -0.327. The van der Waals surface area contributed by atoms with E-state index in [2.05, 4.69) is 20.2 Å². The topological polar surface area (TPSA) is 96.2 Å². The molecule has 1 atom stereocenters. The zero-order chi connectivity index (χ0) is 22.1. The van der Waals surface area contributed by atoms with Gasteiger partial charge in [-0.25, -0.2) is 0 Å². The summed E-state index contributed by atoms with van der Waals surface area (Å²) in [6.07, 6.45) is 2.66. The smallest absolute Gasteiger partial charge is 0.228 e. The second-order valence-corrected chi connectivity index (χ2v) is 8.10. The maximum Gasteiger partial charge on any atom is 0.228 e. The summed E-state index contributed by atoms with van der Waals surface area (Å²) in [5, 5.41) is 12.4. The monoisotopic (exact) mass is 435 g/mol. The summed E-state index contributed by atoms with van der Waals surface area (Å²) in [5.41, 5.74) is 1.47. The van der Waals surface area contributed by atoms with Crippen molar-refractivity contribution in [1.82, 2.24) is 24.7 Å². The van der Waals surface area contributed by atoms with Gasteiger partial charge >= 0.3 is 0 Å². The Morgan fingerprint density at radius 2 is 2.03 bits per heavy atom. The van der Waals surface area contributed by atoms with E-state index >= 15 is 0 Å². The zero-order valence-corrected chi connectivity index (χ0v) is 17.9. The maximum absolute atomic E-state index is 13.2. The van der Waals surface area contributed by atoms with Crippen molar-refractivity contribution in [1.29, 1.82) is 0 Å². The van der Waals surface area contributed by atoms with Gasteiger partial charge in [0, 0.05) is 50.9 Å². The third-order valence-corrected chi connectivity index (χ3v) is 6.12. The summed E-state index contributed by atoms with van der Waals surface area (Å²) < 4.78 is 6.92. The number of aromatic nitrogens is 4. The van der Waals surface area contributed by atoms with Gasteiger partial charge in [0.15, 0.2) is 5.65 Å². The highest BCUT2D eigenvalue weighted by molar-refractivity contribution is 6.00. The Morgan fingerprint density at radius 3 is 2.91 bits per heavy atom. The van der Waals surface area contributed by atoms with E-state index in [1.54, 1.807) is 22.9 Å². The molecular weight excluding hydrogens is 410 g/mol. The van der Waals surface area contributed by atoms with Crippen molar-refractivity contribution in [2.75, 3.05) is 49.6 Å². The molecule has 2 aromatic heterocycles. The summed E-state index contributed by atoms with van der Waals surface area (Å²) in [4.78, 5) is 31.7. The number of hydrogen-bond donors (Lipinski definition) is 0. The summed E-state index contributed by atoms with van der Waals surface area (Å²) >= 11 is 0. The van der Waals surface area contributed by atoms with Crippen LogP contribution in [0.5, 0.6) is 5.75 Å². The molecule has 0 bridgehead atoms. The van der Waals surface area contributed by atoms with Crippen LogP contribution in [-0.2, 0) is 9.59 Å². The number of anilines is 2. The molecule has 1 unspecified atom stereocenters. The molecule has 2 amide bonds. The lowest BCUT2D eigenvalue weighted by Crippen LogP contribution is -2.40. The number of benzene rings is 1. The minimum absolute atomic E-state index is 0.0282. The van der Waals surface area contributed by atoms with E-state index in [-0.39, 0.29) is 24.2 Å². The van der Waals surface area contributed by atoms with Crippen LogP contribution in [-0.4, -0.2) is 76.4 Å². The van der Waals surface area contributed by atoms with Crippen LogP contribution in [0.3, 0.4) is 0 Å². The second kappa shape index (κ2) is 8.45. The predicted octanol–water partition coefficient (Wildman–Crippen LogP) is 1.22. The lowest BCUT2D eigenvalue weighted by Gasteiger charge is -2.25. The highest BCUT2D eigenvalue weighted by atomic mass is 16.5. The van der Waals surface area contributed by atoms with Crippen LogP contribution in [0, 0.1) is 5.92 Å². The molecule has 0 spiro atoms. The van der Waals surface area contributed by atoms with Gasteiger partial charge < -0.3 is 19.4 Å². The molecule has 2 aliphatic heterocycles. The molecule has 32 heavy (non-hydrogen) atoms. The quantitative estimate of drug-likeness (QED) is 0.608. The molecular formula is C22H25N7O3. The van der Waals surface area contributed by atoms with Crippen LogP contribution in [0.25, 0.3) is 5.65 Å². The van der Waals surface area contributed by atoms with Gasteiger partial charge in [-0.1, -0.05) is 6.07 Å². The Labute approximate surface area is 185 Å². The first-order valence-electron chi connectivity index (χ1n) is 10.8. The largest absolute Gasteiger partial charge is 0.497 e. The normalized spacial score (nSPS) is 19.5. The molecule has 0 N–H and O–H groups in total. The number of carbonyl (C=O) groups excluding carboxylic acids is 2. The van der Waals surface area contributed by atoms with Crippen LogP contribution in [0.4, 0.5) is 11.5 Å². The summed E-state index contributed by atoms with van der Waals surface area (Å²) in [5.74, 6) is 1.22. The van der Waals surface area contributed by atoms with Crippen molar-refractivity contribution in [2.24, 2.45) is 5.92 Å². The minimum Gasteiger partial charge on any atom is -0.497 e. The number of fused-ring (bicyclic) bond motifs is 1. The lowest BCUT2D eigenvalue weighted by atomic mass is 10.1. The van der Waals surface area contributed by atoms with Crippen LogP contribution in [0.1, 0.15) is 12.8 Å². The predicted molar refractivity (Wildman–Crippen MR) is 118 cm³/mol. The van der Waals surface area contributed by atoms with E-state index in [4.69, 9.17) is 4.74 Å². The van der Waals surface area contributed by atoms with Gasteiger partial charge in [0.1, 0.15) is 17.9 Å². The molecule has 0 saturated carbocycles. The third kappa shape index (κ3) is 3.83. The highest BCUT2D eigenvalue weighted by Crippen LogP contribution is 2.29. The average molecular weight is 435 g/mol. The van der Waals surface area contributed by atoms with Crippen molar-refractivity contribution in [3.63, 3.8) is 0 Å². The molecule has 1 aromatic carbocycles. The number of carbonyl (C=O) groups is 2. The number of rotatable bonds is 4. The summed E-state index contributed by atoms with van der Waals surface area (Å²) in [6.45, 7) is 3.17. The van der Waals surface area contributed by atoms with Gasteiger partial charge in [0.05, 0.1) is 13.0 Å².